The van der Waals surface area contributed by atoms with Crippen LogP contribution in [-0.2, 0) is 6.42 Å². The second kappa shape index (κ2) is 24.3. The number of benzene rings is 4. The minimum absolute atomic E-state index is 0.808. The van der Waals surface area contributed by atoms with Crippen LogP contribution in [0.15, 0.2) is 208 Å². The van der Waals surface area contributed by atoms with Crippen molar-refractivity contribution in [3.8, 4) is 11.1 Å². The van der Waals surface area contributed by atoms with Crippen molar-refractivity contribution in [1.29, 1.82) is 0 Å². The van der Waals surface area contributed by atoms with E-state index in [1.807, 2.05) is 27.7 Å². The van der Waals surface area contributed by atoms with Crippen LogP contribution in [0.4, 0.5) is 5.69 Å². The molecule has 0 unspecified atom stereocenters. The normalized spacial score (nSPS) is 15.7. The topological polar surface area (TPSA) is 3.24 Å². The van der Waals surface area contributed by atoms with Crippen LogP contribution in [0.25, 0.3) is 27.8 Å². The van der Waals surface area contributed by atoms with Crippen molar-refractivity contribution in [1.82, 2.24) is 0 Å². The molecule has 4 aromatic carbocycles. The smallest absolute Gasteiger partial charge is 0.0452 e. The highest BCUT2D eigenvalue weighted by Crippen LogP contribution is 2.35. The highest BCUT2D eigenvalue weighted by atomic mass is 15.1. The Morgan fingerprint density at radius 3 is 2.04 bits per heavy atom. The van der Waals surface area contributed by atoms with Gasteiger partial charge in [-0.3, -0.25) is 0 Å². The highest BCUT2D eigenvalue weighted by molar-refractivity contribution is 5.84. The first kappa shape index (κ1) is 46.0. The quantitative estimate of drug-likeness (QED) is 0.116. The molecule has 1 nitrogen and oxygen atoms in total. The number of allylic oxidation sites excluding steroid dienone is 15. The lowest BCUT2D eigenvalue weighted by Crippen LogP contribution is -2.17. The van der Waals surface area contributed by atoms with E-state index < -0.39 is 0 Å². The monoisotopic (exact) mass is 737 g/mol. The molecule has 56 heavy (non-hydrogen) atoms. The lowest BCUT2D eigenvalue weighted by Gasteiger charge is -2.27. The third-order valence-electron chi connectivity index (χ3n) is 9.20. The standard InChI is InChI=1S/C49H49N.C2H6.2C2H4/c1-9-12-20-36(5)45-31-40(30-44(32-45)35(4)18-10-2)29-42-21-16-17-24-48(42)49-33-41(27-25-38(49)7)43-28-26-37(6)47(19-11-3)39(8)50(34-43)46-22-14-13-15-23-46;3*1-2/h9-28,30-34H,4,6,29H2,1-3,5,7-8H3;1-2H3;2*1-2H2/b12-9-,18-10-,19-11-,28-26-,36-20+,43-34+,47-39-;;;. The molecule has 288 valence electrons. The van der Waals surface area contributed by atoms with Crippen molar-refractivity contribution < 1.29 is 0 Å². The summed E-state index contributed by atoms with van der Waals surface area (Å²) in [5.41, 5.74) is 17.5. The lowest BCUT2D eigenvalue weighted by atomic mass is 9.88. The summed E-state index contributed by atoms with van der Waals surface area (Å²) in [6.45, 7) is 37.5. The number of nitrogens with zero attached hydrogens (tertiary/aromatic N) is 1. The van der Waals surface area contributed by atoms with Gasteiger partial charge in [0, 0.05) is 23.2 Å². The molecule has 0 N–H and O–H groups in total. The Morgan fingerprint density at radius 2 is 1.38 bits per heavy atom. The molecular formula is C55H63N. The van der Waals surface area contributed by atoms with Crippen LogP contribution in [0.1, 0.15) is 81.8 Å². The van der Waals surface area contributed by atoms with E-state index in [2.05, 4.69) is 224 Å². The number of rotatable bonds is 10. The van der Waals surface area contributed by atoms with Gasteiger partial charge in [-0.1, -0.05) is 148 Å². The largest absolute Gasteiger partial charge is 0.320 e. The van der Waals surface area contributed by atoms with Crippen LogP contribution in [0.5, 0.6) is 0 Å². The molecule has 4 aromatic rings. The number of hydrogen-bond donors (Lipinski definition) is 0. The van der Waals surface area contributed by atoms with Gasteiger partial charge in [-0.05, 0) is 139 Å². The van der Waals surface area contributed by atoms with Gasteiger partial charge in [0.1, 0.15) is 0 Å². The fourth-order valence-electron chi connectivity index (χ4n) is 6.43. The molecule has 1 aliphatic heterocycles. The van der Waals surface area contributed by atoms with Crippen LogP contribution in [0, 0.1) is 6.92 Å². The van der Waals surface area contributed by atoms with Gasteiger partial charge in [-0.15, -0.1) is 26.3 Å². The second-order valence-electron chi connectivity index (χ2n) is 12.8. The predicted molar refractivity (Wildman–Crippen MR) is 255 cm³/mol. The number of hydrogen-bond acceptors (Lipinski definition) is 1. The molecule has 0 fully saturated rings. The maximum absolute atomic E-state index is 4.45. The Labute approximate surface area is 340 Å². The first-order chi connectivity index (χ1) is 27.2. The summed E-state index contributed by atoms with van der Waals surface area (Å²) in [4.78, 5) is 2.28. The maximum Gasteiger partial charge on any atom is 0.0452 e. The van der Waals surface area contributed by atoms with Crippen molar-refractivity contribution in [2.75, 3.05) is 4.90 Å². The summed E-state index contributed by atoms with van der Waals surface area (Å²) in [5.74, 6) is 0. The molecule has 0 aromatic heterocycles. The van der Waals surface area contributed by atoms with E-state index in [0.29, 0.717) is 0 Å². The molecule has 0 bridgehead atoms. The van der Waals surface area contributed by atoms with E-state index in [4.69, 9.17) is 0 Å². The Bertz CT molecular complexity index is 2140. The molecular weight excluding hydrogens is 675 g/mol. The molecule has 1 heterocycles. The van der Waals surface area contributed by atoms with E-state index in [1.165, 1.54) is 39.0 Å². The average Bonchev–Trinajstić information content (AvgIpc) is 3.24. The van der Waals surface area contributed by atoms with Crippen molar-refractivity contribution in [2.45, 2.75) is 61.8 Å². The van der Waals surface area contributed by atoms with Gasteiger partial charge >= 0.3 is 0 Å². The van der Waals surface area contributed by atoms with E-state index in [-0.39, 0.29) is 0 Å². The van der Waals surface area contributed by atoms with Crippen molar-refractivity contribution in [2.24, 2.45) is 0 Å². The first-order valence-electron chi connectivity index (χ1n) is 19.5. The van der Waals surface area contributed by atoms with Gasteiger partial charge in [0.05, 0.1) is 0 Å². The summed E-state index contributed by atoms with van der Waals surface area (Å²) >= 11 is 0. The van der Waals surface area contributed by atoms with Crippen LogP contribution in [-0.4, -0.2) is 0 Å². The molecule has 0 saturated heterocycles. The molecule has 0 amide bonds. The molecule has 0 radical (unpaired) electrons. The van der Waals surface area contributed by atoms with Crippen molar-refractivity contribution in [3.63, 3.8) is 0 Å². The van der Waals surface area contributed by atoms with Crippen molar-refractivity contribution >= 4 is 22.4 Å². The average molecular weight is 738 g/mol. The van der Waals surface area contributed by atoms with E-state index in [0.717, 1.165) is 51.2 Å². The Balaban J connectivity index is 0.00000172. The second-order valence-corrected chi connectivity index (χ2v) is 12.8. The van der Waals surface area contributed by atoms with Gasteiger partial charge in [0.25, 0.3) is 0 Å². The van der Waals surface area contributed by atoms with Gasteiger partial charge in [-0.25, -0.2) is 0 Å². The third-order valence-corrected chi connectivity index (χ3v) is 9.20. The zero-order valence-electron chi connectivity index (χ0n) is 35.3. The predicted octanol–water partition coefficient (Wildman–Crippen LogP) is 16.3. The zero-order valence-corrected chi connectivity index (χ0v) is 35.3. The lowest BCUT2D eigenvalue weighted by molar-refractivity contribution is 1.12. The number of aryl methyl sites for hydroxylation is 1. The van der Waals surface area contributed by atoms with Crippen LogP contribution in [0.3, 0.4) is 0 Å². The van der Waals surface area contributed by atoms with Gasteiger partial charge < -0.3 is 4.90 Å². The number of anilines is 1. The molecule has 5 rings (SSSR count). The first-order valence-corrected chi connectivity index (χ1v) is 19.5. The summed E-state index contributed by atoms with van der Waals surface area (Å²) in [5, 5.41) is 0. The van der Waals surface area contributed by atoms with E-state index in [1.54, 1.807) is 0 Å². The summed E-state index contributed by atoms with van der Waals surface area (Å²) < 4.78 is 0. The summed E-state index contributed by atoms with van der Waals surface area (Å²) in [6, 6.07) is 33.1. The van der Waals surface area contributed by atoms with Crippen molar-refractivity contribution in [3.05, 3.63) is 242 Å². The fraction of sp³-hybridized carbons (Fsp3) is 0.164. The molecule has 1 heteroatoms. The summed E-state index contributed by atoms with van der Waals surface area (Å²) in [6.07, 6.45) is 22.1. The summed E-state index contributed by atoms with van der Waals surface area (Å²) in [7, 11) is 0. The van der Waals surface area contributed by atoms with Crippen LogP contribution in [0.2, 0.25) is 0 Å². The van der Waals surface area contributed by atoms with Crippen LogP contribution >= 0.6 is 0 Å². The van der Waals surface area contributed by atoms with Gasteiger partial charge in [0.15, 0.2) is 0 Å². The molecule has 0 saturated carbocycles. The highest BCUT2D eigenvalue weighted by Gasteiger charge is 2.17. The molecule has 0 spiro atoms. The third kappa shape index (κ3) is 12.2. The maximum atomic E-state index is 4.45. The van der Waals surface area contributed by atoms with Gasteiger partial charge in [-0.2, -0.15) is 0 Å². The zero-order chi connectivity index (χ0) is 41.6. The minimum atomic E-state index is 0.808. The SMILES string of the molecule is C=C.C=C.C=C1/C=C\C(c2ccc(C)c(-c3ccccc3Cc3cc(C(=C)/C=C\C)cc(/C(C)=C/C=C\C)c3)c2)=C/N(c2ccccc2)/C(C)=C1/C=C\C.CC. The molecule has 0 atom stereocenters. The molecule has 1 aliphatic rings. The Morgan fingerprint density at radius 1 is 0.714 bits per heavy atom. The fourth-order valence-corrected chi connectivity index (χ4v) is 6.43. The van der Waals surface area contributed by atoms with E-state index in [9.17, 15) is 0 Å². The molecule has 0 aliphatic carbocycles. The van der Waals surface area contributed by atoms with E-state index >= 15 is 0 Å². The van der Waals surface area contributed by atoms with Crippen LogP contribution < -0.4 is 4.90 Å². The van der Waals surface area contributed by atoms with Gasteiger partial charge in [0.2, 0.25) is 0 Å². The Hall–Kier alpha value is -6.18. The minimum Gasteiger partial charge on any atom is -0.320 e. The number of para-hydroxylation sites is 1. The Kier molecular flexibility index (Phi) is 19.9.